The van der Waals surface area contributed by atoms with Crippen LogP contribution < -0.4 is 4.72 Å². The lowest BCUT2D eigenvalue weighted by atomic mass is 10.2. The number of fused-ring (bicyclic) bond motifs is 1. The normalized spacial score (nSPS) is 11.3. The lowest BCUT2D eigenvalue weighted by molar-refractivity contribution is 0.0600. The van der Waals surface area contributed by atoms with Gasteiger partial charge < -0.3 is 4.74 Å². The van der Waals surface area contributed by atoms with Crippen molar-refractivity contribution in [2.45, 2.75) is 4.90 Å². The highest BCUT2D eigenvalue weighted by atomic mass is 35.5. The molecule has 0 saturated heterocycles. The Hall–Kier alpha value is -2.71. The zero-order valence-electron chi connectivity index (χ0n) is 12.9. The molecule has 0 bridgehead atoms. The second kappa shape index (κ2) is 6.66. The van der Waals surface area contributed by atoms with Gasteiger partial charge in [0.05, 0.1) is 23.2 Å². The largest absolute Gasteiger partial charge is 0.465 e. The summed E-state index contributed by atoms with van der Waals surface area (Å²) in [6, 6.07) is 9.58. The number of aromatic nitrogens is 2. The van der Waals surface area contributed by atoms with Crippen LogP contribution in [-0.4, -0.2) is 31.5 Å². The van der Waals surface area contributed by atoms with E-state index in [4.69, 9.17) is 11.6 Å². The number of nitrogens with one attached hydrogen (secondary N) is 1. The summed E-state index contributed by atoms with van der Waals surface area (Å²) in [7, 11) is -2.75. The van der Waals surface area contributed by atoms with Gasteiger partial charge in [0.25, 0.3) is 10.0 Å². The van der Waals surface area contributed by atoms with Gasteiger partial charge in [0.15, 0.2) is 5.82 Å². The molecule has 128 valence electrons. The predicted octanol–water partition coefficient (Wildman–Crippen LogP) is 2.87. The van der Waals surface area contributed by atoms with Crippen molar-refractivity contribution in [2.75, 3.05) is 11.8 Å². The van der Waals surface area contributed by atoms with Gasteiger partial charge in [-0.2, -0.15) is 0 Å². The number of methoxy groups -OCH3 is 1. The van der Waals surface area contributed by atoms with Crippen molar-refractivity contribution >= 4 is 44.3 Å². The number of hydrogen-bond donors (Lipinski definition) is 1. The summed E-state index contributed by atoms with van der Waals surface area (Å²) in [6.45, 7) is 0. The Morgan fingerprint density at radius 1 is 1.20 bits per heavy atom. The van der Waals surface area contributed by atoms with Gasteiger partial charge in [-0.25, -0.2) is 18.2 Å². The number of carbonyl (C=O) groups is 1. The molecule has 2 heterocycles. The highest BCUT2D eigenvalue weighted by Gasteiger charge is 2.21. The second-order valence-electron chi connectivity index (χ2n) is 4.98. The molecule has 0 aliphatic heterocycles. The van der Waals surface area contributed by atoms with Crippen LogP contribution in [0.25, 0.3) is 10.9 Å². The summed E-state index contributed by atoms with van der Waals surface area (Å²) in [5, 5.41) is 0.658. The average molecular weight is 378 g/mol. The first-order valence-corrected chi connectivity index (χ1v) is 8.89. The number of rotatable bonds is 4. The molecule has 0 spiro atoms. The van der Waals surface area contributed by atoms with Crippen LogP contribution in [0.4, 0.5) is 5.82 Å². The average Bonchev–Trinajstić information content (AvgIpc) is 2.62. The fourth-order valence-corrected chi connectivity index (χ4v) is 3.70. The zero-order chi connectivity index (χ0) is 18.0. The molecule has 2 aromatic heterocycles. The van der Waals surface area contributed by atoms with Crippen molar-refractivity contribution in [3.8, 4) is 0 Å². The minimum Gasteiger partial charge on any atom is -0.465 e. The van der Waals surface area contributed by atoms with Crippen LogP contribution in [0.2, 0.25) is 5.02 Å². The SMILES string of the molecule is COC(=O)c1cnc(NS(=O)(=O)c2cccc3cccnc23)c(Cl)c1. The van der Waals surface area contributed by atoms with Crippen molar-refractivity contribution in [3.63, 3.8) is 0 Å². The number of benzene rings is 1. The fraction of sp³-hybridized carbons (Fsp3) is 0.0625. The molecule has 0 atom stereocenters. The maximum atomic E-state index is 12.7. The monoisotopic (exact) mass is 377 g/mol. The van der Waals surface area contributed by atoms with Crippen LogP contribution in [0.5, 0.6) is 0 Å². The molecule has 0 aliphatic rings. The maximum Gasteiger partial charge on any atom is 0.339 e. The molecule has 0 radical (unpaired) electrons. The predicted molar refractivity (Wildman–Crippen MR) is 93.1 cm³/mol. The molecule has 0 aliphatic carbocycles. The van der Waals surface area contributed by atoms with E-state index in [2.05, 4.69) is 19.4 Å². The smallest absolute Gasteiger partial charge is 0.339 e. The third kappa shape index (κ3) is 3.40. The maximum absolute atomic E-state index is 12.7. The molecule has 0 fully saturated rings. The molecule has 0 unspecified atom stereocenters. The van der Waals surface area contributed by atoms with Crippen molar-refractivity contribution in [2.24, 2.45) is 0 Å². The van der Waals surface area contributed by atoms with Gasteiger partial charge in [-0.15, -0.1) is 0 Å². The summed E-state index contributed by atoms with van der Waals surface area (Å²) in [5.41, 5.74) is 0.446. The molecule has 9 heteroatoms. The van der Waals surface area contributed by atoms with Crippen LogP contribution >= 0.6 is 11.6 Å². The van der Waals surface area contributed by atoms with E-state index < -0.39 is 16.0 Å². The third-order valence-corrected chi connectivity index (χ3v) is 5.04. The van der Waals surface area contributed by atoms with E-state index in [1.165, 1.54) is 31.6 Å². The first-order valence-electron chi connectivity index (χ1n) is 7.03. The molecule has 25 heavy (non-hydrogen) atoms. The van der Waals surface area contributed by atoms with E-state index in [1.807, 2.05) is 0 Å². The molecular weight excluding hydrogens is 366 g/mol. The quantitative estimate of drug-likeness (QED) is 0.702. The minimum absolute atomic E-state index is 0.000473. The molecule has 0 saturated carbocycles. The summed E-state index contributed by atoms with van der Waals surface area (Å²) in [4.78, 5) is 19.5. The van der Waals surface area contributed by atoms with Crippen LogP contribution in [0.15, 0.2) is 53.7 Å². The standard InChI is InChI=1S/C16H12ClN3O4S/c1-24-16(21)11-8-12(17)15(19-9-11)20-25(22,23)13-6-2-4-10-5-3-7-18-14(10)13/h2-9H,1H3,(H,19,20). The number of nitrogens with zero attached hydrogens (tertiary/aromatic N) is 2. The number of hydrogen-bond acceptors (Lipinski definition) is 6. The van der Waals surface area contributed by atoms with Crippen molar-refractivity contribution < 1.29 is 17.9 Å². The fourth-order valence-electron chi connectivity index (χ4n) is 2.22. The van der Waals surface area contributed by atoms with Gasteiger partial charge in [-0.3, -0.25) is 9.71 Å². The molecule has 3 rings (SSSR count). The van der Waals surface area contributed by atoms with E-state index in [-0.39, 0.29) is 21.3 Å². The summed E-state index contributed by atoms with van der Waals surface area (Å²) < 4.78 is 32.3. The Morgan fingerprint density at radius 3 is 2.68 bits per heavy atom. The van der Waals surface area contributed by atoms with E-state index in [9.17, 15) is 13.2 Å². The number of carbonyl (C=O) groups excluding carboxylic acids is 1. The Bertz CT molecular complexity index is 1060. The molecule has 3 aromatic rings. The number of anilines is 1. The number of esters is 1. The minimum atomic E-state index is -3.98. The Labute approximate surface area is 148 Å². The first kappa shape index (κ1) is 17.1. The van der Waals surface area contributed by atoms with Gasteiger partial charge in [-0.1, -0.05) is 29.8 Å². The van der Waals surface area contributed by atoms with Gasteiger partial charge in [0, 0.05) is 17.8 Å². The van der Waals surface area contributed by atoms with E-state index in [1.54, 1.807) is 24.3 Å². The number of halogens is 1. The molecule has 7 nitrogen and oxygen atoms in total. The highest BCUT2D eigenvalue weighted by molar-refractivity contribution is 7.93. The van der Waals surface area contributed by atoms with Crippen molar-refractivity contribution in [1.29, 1.82) is 0 Å². The second-order valence-corrected chi connectivity index (χ2v) is 7.04. The van der Waals surface area contributed by atoms with Crippen molar-refractivity contribution in [3.05, 3.63) is 59.4 Å². The Morgan fingerprint density at radius 2 is 1.96 bits per heavy atom. The van der Waals surface area contributed by atoms with E-state index in [0.717, 1.165) is 0 Å². The van der Waals surface area contributed by atoms with Crippen LogP contribution in [-0.2, 0) is 14.8 Å². The Balaban J connectivity index is 2.00. The van der Waals surface area contributed by atoms with Crippen LogP contribution in [0.1, 0.15) is 10.4 Å². The summed E-state index contributed by atoms with van der Waals surface area (Å²) in [6.07, 6.45) is 2.69. The molecule has 0 amide bonds. The highest BCUT2D eigenvalue weighted by Crippen LogP contribution is 2.26. The van der Waals surface area contributed by atoms with Gasteiger partial charge in [-0.05, 0) is 18.2 Å². The molecule has 1 N–H and O–H groups in total. The third-order valence-electron chi connectivity index (χ3n) is 3.38. The van der Waals surface area contributed by atoms with Gasteiger partial charge in [0.1, 0.15) is 4.90 Å². The van der Waals surface area contributed by atoms with Crippen molar-refractivity contribution in [1.82, 2.24) is 9.97 Å². The summed E-state index contributed by atoms with van der Waals surface area (Å²) >= 11 is 6.03. The number of ether oxygens (including phenoxy) is 1. The molecule has 1 aromatic carbocycles. The van der Waals surface area contributed by atoms with E-state index >= 15 is 0 Å². The van der Waals surface area contributed by atoms with Crippen LogP contribution in [0.3, 0.4) is 0 Å². The van der Waals surface area contributed by atoms with E-state index in [0.29, 0.717) is 10.9 Å². The lowest BCUT2D eigenvalue weighted by Gasteiger charge is -2.11. The van der Waals surface area contributed by atoms with Gasteiger partial charge in [0.2, 0.25) is 0 Å². The van der Waals surface area contributed by atoms with Crippen LogP contribution in [0, 0.1) is 0 Å². The van der Waals surface area contributed by atoms with Gasteiger partial charge >= 0.3 is 5.97 Å². The first-order chi connectivity index (χ1) is 11.9. The Kier molecular flexibility index (Phi) is 4.56. The lowest BCUT2D eigenvalue weighted by Crippen LogP contribution is -2.15. The zero-order valence-corrected chi connectivity index (χ0v) is 14.5. The summed E-state index contributed by atoms with van der Waals surface area (Å²) in [5.74, 6) is -0.718. The number of sulfonamides is 1. The number of para-hydroxylation sites is 1. The topological polar surface area (TPSA) is 98.2 Å². The molecular formula is C16H12ClN3O4S. The number of pyridine rings is 2.